The van der Waals surface area contributed by atoms with Crippen LogP contribution in [0.4, 0.5) is 0 Å². The summed E-state index contributed by atoms with van der Waals surface area (Å²) in [6.07, 6.45) is 9.65. The van der Waals surface area contributed by atoms with Crippen molar-refractivity contribution in [2.45, 2.75) is 39.2 Å². The fourth-order valence-electron chi connectivity index (χ4n) is 1.24. The van der Waals surface area contributed by atoms with Gasteiger partial charge < -0.3 is 4.57 Å². The number of unbranched alkanes of at least 4 members (excludes halogenated alkanes) is 3. The Kier molecular flexibility index (Phi) is 3.81. The molecule has 1 heterocycles. The third kappa shape index (κ3) is 3.26. The van der Waals surface area contributed by atoms with Gasteiger partial charge in [-0.25, -0.2) is 0 Å². The molecule has 11 heavy (non-hydrogen) atoms. The van der Waals surface area contributed by atoms with Crippen molar-refractivity contribution < 1.29 is 0 Å². The van der Waals surface area contributed by atoms with Crippen LogP contribution < -0.4 is 0 Å². The van der Waals surface area contributed by atoms with Crippen LogP contribution in [0.5, 0.6) is 0 Å². The first-order chi connectivity index (χ1) is 5.43. The van der Waals surface area contributed by atoms with Gasteiger partial charge in [0, 0.05) is 18.9 Å². The average Bonchev–Trinajstić information content (AvgIpc) is 2.50. The maximum atomic E-state index is 2.25. The van der Waals surface area contributed by atoms with Crippen LogP contribution in [0.1, 0.15) is 32.6 Å². The molecule has 0 saturated heterocycles. The molecule has 1 rings (SSSR count). The normalized spacial score (nSPS) is 10.3. The molecule has 0 bridgehead atoms. The molecular weight excluding hydrogens is 134 g/mol. The first-order valence-electron chi connectivity index (χ1n) is 4.54. The van der Waals surface area contributed by atoms with Crippen molar-refractivity contribution in [1.29, 1.82) is 0 Å². The predicted molar refractivity (Wildman–Crippen MR) is 48.6 cm³/mol. The summed E-state index contributed by atoms with van der Waals surface area (Å²) < 4.78 is 2.25. The lowest BCUT2D eigenvalue weighted by Gasteiger charge is -2.00. The highest BCUT2D eigenvalue weighted by atomic mass is 14.9. The van der Waals surface area contributed by atoms with Crippen LogP contribution in [-0.2, 0) is 6.54 Å². The molecular formula is C10H17N. The zero-order chi connectivity index (χ0) is 7.94. The number of hydrogen-bond donors (Lipinski definition) is 0. The van der Waals surface area contributed by atoms with Gasteiger partial charge >= 0.3 is 0 Å². The number of hydrogen-bond acceptors (Lipinski definition) is 0. The summed E-state index contributed by atoms with van der Waals surface area (Å²) in [7, 11) is 0. The first-order valence-corrected chi connectivity index (χ1v) is 4.54. The van der Waals surface area contributed by atoms with Gasteiger partial charge in [-0.3, -0.25) is 0 Å². The van der Waals surface area contributed by atoms with Crippen molar-refractivity contribution in [3.8, 4) is 0 Å². The van der Waals surface area contributed by atoms with E-state index >= 15 is 0 Å². The molecule has 0 aliphatic carbocycles. The summed E-state index contributed by atoms with van der Waals surface area (Å²) >= 11 is 0. The van der Waals surface area contributed by atoms with Crippen molar-refractivity contribution in [2.24, 2.45) is 0 Å². The molecule has 0 amide bonds. The average molecular weight is 151 g/mol. The summed E-state index contributed by atoms with van der Waals surface area (Å²) in [4.78, 5) is 0. The van der Waals surface area contributed by atoms with Crippen LogP contribution in [0.25, 0.3) is 0 Å². The van der Waals surface area contributed by atoms with Gasteiger partial charge in [-0.1, -0.05) is 26.2 Å². The second-order valence-electron chi connectivity index (χ2n) is 2.98. The molecule has 0 unspecified atom stereocenters. The minimum Gasteiger partial charge on any atom is -0.354 e. The Bertz CT molecular complexity index is 165. The molecule has 0 atom stereocenters. The molecule has 0 N–H and O–H groups in total. The van der Waals surface area contributed by atoms with Crippen LogP contribution in [0, 0.1) is 0 Å². The van der Waals surface area contributed by atoms with E-state index in [0.717, 1.165) is 0 Å². The lowest BCUT2D eigenvalue weighted by atomic mass is 10.2. The smallest absolute Gasteiger partial charge is 0.0219 e. The van der Waals surface area contributed by atoms with Gasteiger partial charge in [-0.15, -0.1) is 0 Å². The second kappa shape index (κ2) is 5.00. The molecule has 0 fully saturated rings. The summed E-state index contributed by atoms with van der Waals surface area (Å²) in [6, 6.07) is 4.17. The summed E-state index contributed by atoms with van der Waals surface area (Å²) in [6.45, 7) is 3.43. The molecule has 1 aromatic heterocycles. The monoisotopic (exact) mass is 151 g/mol. The lowest BCUT2D eigenvalue weighted by molar-refractivity contribution is 0.584. The van der Waals surface area contributed by atoms with Crippen molar-refractivity contribution >= 4 is 0 Å². The largest absolute Gasteiger partial charge is 0.354 e. The van der Waals surface area contributed by atoms with E-state index in [1.165, 1.54) is 32.2 Å². The zero-order valence-corrected chi connectivity index (χ0v) is 7.29. The van der Waals surface area contributed by atoms with E-state index in [0.29, 0.717) is 0 Å². The van der Waals surface area contributed by atoms with Crippen molar-refractivity contribution in [1.82, 2.24) is 4.57 Å². The Morgan fingerprint density at radius 3 is 2.36 bits per heavy atom. The lowest BCUT2D eigenvalue weighted by Crippen LogP contribution is -1.93. The summed E-state index contributed by atoms with van der Waals surface area (Å²) in [5.41, 5.74) is 0. The SMILES string of the molecule is CCCCCCn1cccc1. The van der Waals surface area contributed by atoms with Crippen LogP contribution in [0.2, 0.25) is 0 Å². The number of rotatable bonds is 5. The highest BCUT2D eigenvalue weighted by Crippen LogP contribution is 2.01. The van der Waals surface area contributed by atoms with E-state index in [1.807, 2.05) is 0 Å². The Labute approximate surface area is 69.0 Å². The molecule has 0 aliphatic rings. The van der Waals surface area contributed by atoms with Gasteiger partial charge in [0.15, 0.2) is 0 Å². The maximum Gasteiger partial charge on any atom is 0.0219 e. The van der Waals surface area contributed by atoms with Crippen LogP contribution in [0.3, 0.4) is 0 Å². The fourth-order valence-corrected chi connectivity index (χ4v) is 1.24. The molecule has 0 saturated carbocycles. The molecule has 0 aliphatic heterocycles. The third-order valence-electron chi connectivity index (χ3n) is 1.94. The van der Waals surface area contributed by atoms with Gasteiger partial charge in [-0.05, 0) is 18.6 Å². The predicted octanol–water partition coefficient (Wildman–Crippen LogP) is 3.07. The van der Waals surface area contributed by atoms with E-state index in [1.54, 1.807) is 0 Å². The van der Waals surface area contributed by atoms with Gasteiger partial charge in [0.1, 0.15) is 0 Å². The van der Waals surface area contributed by atoms with Gasteiger partial charge in [0.05, 0.1) is 0 Å². The van der Waals surface area contributed by atoms with E-state index in [2.05, 4.69) is 36.0 Å². The Balaban J connectivity index is 2.04. The van der Waals surface area contributed by atoms with Crippen molar-refractivity contribution in [3.05, 3.63) is 24.5 Å². The molecule has 0 radical (unpaired) electrons. The van der Waals surface area contributed by atoms with Crippen molar-refractivity contribution in [2.75, 3.05) is 0 Å². The fraction of sp³-hybridized carbons (Fsp3) is 0.600. The van der Waals surface area contributed by atoms with E-state index in [-0.39, 0.29) is 0 Å². The van der Waals surface area contributed by atoms with Gasteiger partial charge in [0.25, 0.3) is 0 Å². The molecule has 1 aromatic rings. The van der Waals surface area contributed by atoms with Crippen molar-refractivity contribution in [3.63, 3.8) is 0 Å². The molecule has 1 nitrogen and oxygen atoms in total. The van der Waals surface area contributed by atoms with Crippen LogP contribution >= 0.6 is 0 Å². The minimum absolute atomic E-state index is 1.19. The quantitative estimate of drug-likeness (QED) is 0.570. The summed E-state index contributed by atoms with van der Waals surface area (Å²) in [5.74, 6) is 0. The standard InChI is InChI=1S/C10H17N/c1-2-3-4-5-8-11-9-6-7-10-11/h6-7,9-10H,2-5,8H2,1H3. The Morgan fingerprint density at radius 2 is 1.73 bits per heavy atom. The maximum absolute atomic E-state index is 2.25. The van der Waals surface area contributed by atoms with E-state index in [4.69, 9.17) is 0 Å². The number of aryl methyl sites for hydroxylation is 1. The van der Waals surface area contributed by atoms with E-state index < -0.39 is 0 Å². The zero-order valence-electron chi connectivity index (χ0n) is 7.29. The number of aromatic nitrogens is 1. The molecule has 1 heteroatoms. The highest BCUT2D eigenvalue weighted by Gasteiger charge is 1.88. The molecule has 0 aromatic carbocycles. The highest BCUT2D eigenvalue weighted by molar-refractivity contribution is 4.89. The van der Waals surface area contributed by atoms with Crippen LogP contribution in [-0.4, -0.2) is 4.57 Å². The Hall–Kier alpha value is -0.720. The molecule has 62 valence electrons. The molecule has 0 spiro atoms. The number of nitrogens with zero attached hydrogens (tertiary/aromatic N) is 1. The van der Waals surface area contributed by atoms with Gasteiger partial charge in [-0.2, -0.15) is 0 Å². The summed E-state index contributed by atoms with van der Waals surface area (Å²) in [5, 5.41) is 0. The van der Waals surface area contributed by atoms with Crippen LogP contribution in [0.15, 0.2) is 24.5 Å². The first kappa shape index (κ1) is 8.38. The Morgan fingerprint density at radius 1 is 1.00 bits per heavy atom. The second-order valence-corrected chi connectivity index (χ2v) is 2.98. The third-order valence-corrected chi connectivity index (χ3v) is 1.94. The van der Waals surface area contributed by atoms with E-state index in [9.17, 15) is 0 Å². The topological polar surface area (TPSA) is 4.93 Å². The van der Waals surface area contributed by atoms with Gasteiger partial charge in [0.2, 0.25) is 0 Å². The minimum atomic E-state index is 1.19.